The number of rotatable bonds is 3. The van der Waals surface area contributed by atoms with Crippen molar-refractivity contribution in [3.8, 4) is 0 Å². The first-order valence-corrected chi connectivity index (χ1v) is 8.65. The van der Waals surface area contributed by atoms with Crippen molar-refractivity contribution in [2.45, 2.75) is 51.5 Å². The highest BCUT2D eigenvalue weighted by atomic mass is 16.1. The summed E-state index contributed by atoms with van der Waals surface area (Å²) in [5, 5.41) is 2.65. The number of hydrogen-bond acceptors (Lipinski definition) is 2. The molecule has 0 spiro atoms. The Hall–Kier alpha value is -1.35. The van der Waals surface area contributed by atoms with E-state index in [2.05, 4.69) is 41.5 Å². The summed E-state index contributed by atoms with van der Waals surface area (Å²) in [6, 6.07) is 8.72. The predicted octanol–water partition coefficient (Wildman–Crippen LogP) is 3.38. The summed E-state index contributed by atoms with van der Waals surface area (Å²) in [5.41, 5.74) is 3.03. The summed E-state index contributed by atoms with van der Waals surface area (Å²) >= 11 is 0. The van der Waals surface area contributed by atoms with Crippen molar-refractivity contribution < 1.29 is 4.79 Å². The fourth-order valence-electron chi connectivity index (χ4n) is 3.40. The summed E-state index contributed by atoms with van der Waals surface area (Å²) in [6.45, 7) is 2.33. The molecule has 1 saturated carbocycles. The van der Waals surface area contributed by atoms with Crippen LogP contribution in [0.15, 0.2) is 24.3 Å². The SMILES string of the molecule is CN1CCc2ccccc2C1.CNC(=O)CCC1CCCC1. The fraction of sp³-hybridized carbons (Fsp3) is 0.632. The monoisotopic (exact) mass is 302 g/mol. The highest BCUT2D eigenvalue weighted by Gasteiger charge is 2.15. The van der Waals surface area contributed by atoms with E-state index in [-0.39, 0.29) is 5.91 Å². The lowest BCUT2D eigenvalue weighted by molar-refractivity contribution is -0.120. The van der Waals surface area contributed by atoms with E-state index in [1.54, 1.807) is 7.05 Å². The second-order valence-corrected chi connectivity index (χ2v) is 6.62. The molecule has 1 aliphatic carbocycles. The Bertz CT molecular complexity index is 466. The van der Waals surface area contributed by atoms with Gasteiger partial charge in [-0.3, -0.25) is 4.79 Å². The maximum Gasteiger partial charge on any atom is 0.219 e. The first kappa shape index (κ1) is 17.0. The zero-order chi connectivity index (χ0) is 15.8. The quantitative estimate of drug-likeness (QED) is 0.928. The number of benzene rings is 1. The lowest BCUT2D eigenvalue weighted by atomic mass is 10.0. The van der Waals surface area contributed by atoms with Gasteiger partial charge in [-0.2, -0.15) is 0 Å². The van der Waals surface area contributed by atoms with Crippen molar-refractivity contribution >= 4 is 5.91 Å². The van der Waals surface area contributed by atoms with Crippen LogP contribution in [0.4, 0.5) is 0 Å². The van der Waals surface area contributed by atoms with Gasteiger partial charge in [-0.1, -0.05) is 49.9 Å². The van der Waals surface area contributed by atoms with Crippen LogP contribution in [0, 0.1) is 5.92 Å². The summed E-state index contributed by atoms with van der Waals surface area (Å²) in [6.07, 6.45) is 8.47. The molecule has 0 atom stereocenters. The Kier molecular flexibility index (Phi) is 6.91. The number of fused-ring (bicyclic) bond motifs is 1. The Morgan fingerprint density at radius 3 is 2.59 bits per heavy atom. The topological polar surface area (TPSA) is 32.3 Å². The molecule has 1 fully saturated rings. The van der Waals surface area contributed by atoms with E-state index >= 15 is 0 Å². The molecule has 22 heavy (non-hydrogen) atoms. The molecule has 3 heteroatoms. The third-order valence-electron chi connectivity index (χ3n) is 4.85. The molecule has 1 amide bonds. The van der Waals surface area contributed by atoms with Gasteiger partial charge in [0, 0.05) is 26.6 Å². The average molecular weight is 302 g/mol. The number of carbonyl (C=O) groups excluding carboxylic acids is 1. The average Bonchev–Trinajstić information content (AvgIpc) is 3.06. The van der Waals surface area contributed by atoms with Crippen LogP contribution in [0.2, 0.25) is 0 Å². The molecule has 1 heterocycles. The molecule has 0 radical (unpaired) electrons. The number of nitrogens with zero attached hydrogens (tertiary/aromatic N) is 1. The second kappa shape index (κ2) is 8.94. The molecule has 122 valence electrons. The van der Waals surface area contributed by atoms with Crippen molar-refractivity contribution in [2.75, 3.05) is 20.6 Å². The Morgan fingerprint density at radius 1 is 1.23 bits per heavy atom. The smallest absolute Gasteiger partial charge is 0.219 e. The van der Waals surface area contributed by atoms with Gasteiger partial charge in [-0.25, -0.2) is 0 Å². The van der Waals surface area contributed by atoms with Crippen molar-refractivity contribution in [3.05, 3.63) is 35.4 Å². The largest absolute Gasteiger partial charge is 0.359 e. The number of likely N-dealkylation sites (N-methyl/N-ethyl adjacent to an activating group) is 1. The van der Waals surface area contributed by atoms with Crippen molar-refractivity contribution in [3.63, 3.8) is 0 Å². The van der Waals surface area contributed by atoms with Gasteiger partial charge in [0.2, 0.25) is 5.91 Å². The first-order valence-electron chi connectivity index (χ1n) is 8.65. The number of carbonyl (C=O) groups is 1. The molecular weight excluding hydrogens is 272 g/mol. The van der Waals surface area contributed by atoms with Gasteiger partial charge < -0.3 is 10.2 Å². The minimum atomic E-state index is 0.192. The minimum Gasteiger partial charge on any atom is -0.359 e. The summed E-state index contributed by atoms with van der Waals surface area (Å²) in [4.78, 5) is 13.2. The van der Waals surface area contributed by atoms with Gasteiger partial charge in [-0.05, 0) is 36.9 Å². The number of amides is 1. The van der Waals surface area contributed by atoms with Crippen LogP contribution in [0.25, 0.3) is 0 Å². The third kappa shape index (κ3) is 5.45. The van der Waals surface area contributed by atoms with Gasteiger partial charge >= 0.3 is 0 Å². The van der Waals surface area contributed by atoms with Gasteiger partial charge in [0.25, 0.3) is 0 Å². The van der Waals surface area contributed by atoms with E-state index in [0.717, 1.165) is 25.3 Å². The highest BCUT2D eigenvalue weighted by molar-refractivity contribution is 5.75. The molecule has 2 aliphatic rings. The van der Waals surface area contributed by atoms with Crippen LogP contribution in [-0.2, 0) is 17.8 Å². The van der Waals surface area contributed by atoms with Crippen LogP contribution in [0.3, 0.4) is 0 Å². The maximum absolute atomic E-state index is 10.9. The zero-order valence-electron chi connectivity index (χ0n) is 14.1. The molecule has 0 bridgehead atoms. The Labute approximate surface area is 135 Å². The normalized spacial score (nSPS) is 18.3. The molecule has 1 aromatic rings. The van der Waals surface area contributed by atoms with E-state index in [4.69, 9.17) is 0 Å². The molecule has 3 nitrogen and oxygen atoms in total. The lowest BCUT2D eigenvalue weighted by Gasteiger charge is -2.24. The lowest BCUT2D eigenvalue weighted by Crippen LogP contribution is -2.26. The molecule has 1 aliphatic heterocycles. The van der Waals surface area contributed by atoms with Crippen LogP contribution < -0.4 is 5.32 Å². The van der Waals surface area contributed by atoms with Crippen molar-refractivity contribution in [2.24, 2.45) is 5.92 Å². The van der Waals surface area contributed by atoms with Crippen LogP contribution in [0.1, 0.15) is 49.7 Å². The molecule has 1 N–H and O–H groups in total. The van der Waals surface area contributed by atoms with E-state index < -0.39 is 0 Å². The van der Waals surface area contributed by atoms with Gasteiger partial charge in [0.15, 0.2) is 0 Å². The summed E-state index contributed by atoms with van der Waals surface area (Å²) in [7, 11) is 3.88. The second-order valence-electron chi connectivity index (χ2n) is 6.62. The van der Waals surface area contributed by atoms with E-state index in [1.807, 2.05) is 0 Å². The first-order chi connectivity index (χ1) is 10.7. The van der Waals surface area contributed by atoms with Crippen LogP contribution in [0.5, 0.6) is 0 Å². The van der Waals surface area contributed by atoms with Crippen LogP contribution in [-0.4, -0.2) is 31.4 Å². The third-order valence-corrected chi connectivity index (χ3v) is 4.85. The number of hydrogen-bond donors (Lipinski definition) is 1. The van der Waals surface area contributed by atoms with Gasteiger partial charge in [0.05, 0.1) is 0 Å². The van der Waals surface area contributed by atoms with Crippen LogP contribution >= 0.6 is 0 Å². The standard InChI is InChI=1S/C10H13N.C9H17NO/c1-11-7-6-9-4-2-3-5-10(9)8-11;1-10-9(11)7-6-8-4-2-3-5-8/h2-5H,6-8H2,1H3;8H,2-7H2,1H3,(H,10,11). The Balaban J connectivity index is 0.000000160. The minimum absolute atomic E-state index is 0.192. The van der Waals surface area contributed by atoms with Crippen molar-refractivity contribution in [1.82, 2.24) is 10.2 Å². The highest BCUT2D eigenvalue weighted by Crippen LogP contribution is 2.28. The summed E-state index contributed by atoms with van der Waals surface area (Å²) in [5.74, 6) is 1.03. The van der Waals surface area contributed by atoms with E-state index in [0.29, 0.717) is 0 Å². The maximum atomic E-state index is 10.9. The molecule has 3 rings (SSSR count). The van der Waals surface area contributed by atoms with E-state index in [1.165, 1.54) is 49.8 Å². The van der Waals surface area contributed by atoms with Gasteiger partial charge in [-0.15, -0.1) is 0 Å². The summed E-state index contributed by atoms with van der Waals surface area (Å²) < 4.78 is 0. The molecule has 0 saturated heterocycles. The molecule has 1 aromatic carbocycles. The predicted molar refractivity (Wildman–Crippen MR) is 91.7 cm³/mol. The zero-order valence-corrected chi connectivity index (χ0v) is 14.1. The fourth-order valence-corrected chi connectivity index (χ4v) is 3.40. The molecule has 0 unspecified atom stereocenters. The van der Waals surface area contributed by atoms with E-state index in [9.17, 15) is 4.79 Å². The molecular formula is C19H30N2O. The van der Waals surface area contributed by atoms with Crippen molar-refractivity contribution in [1.29, 1.82) is 0 Å². The Morgan fingerprint density at radius 2 is 1.91 bits per heavy atom. The molecule has 0 aromatic heterocycles. The van der Waals surface area contributed by atoms with Gasteiger partial charge in [0.1, 0.15) is 0 Å². The number of nitrogens with one attached hydrogen (secondary N) is 1.